The van der Waals surface area contributed by atoms with Crippen LogP contribution in [0.4, 0.5) is 5.69 Å². The summed E-state index contributed by atoms with van der Waals surface area (Å²) in [5.41, 5.74) is 3.25. The summed E-state index contributed by atoms with van der Waals surface area (Å²) in [5, 5.41) is 4.32. The van der Waals surface area contributed by atoms with Gasteiger partial charge in [0, 0.05) is 5.02 Å². The minimum absolute atomic E-state index is 0.0424. The molecule has 0 saturated heterocycles. The predicted molar refractivity (Wildman–Crippen MR) is 132 cm³/mol. The summed E-state index contributed by atoms with van der Waals surface area (Å²) in [6.07, 6.45) is 1.39. The number of halogens is 1. The topological polar surface area (TPSA) is 114 Å². The molecule has 0 aromatic heterocycles. The van der Waals surface area contributed by atoms with Crippen molar-refractivity contribution in [3.8, 4) is 5.75 Å². The smallest absolute Gasteiger partial charge is 0.343 e. The van der Waals surface area contributed by atoms with Gasteiger partial charge in [-0.05, 0) is 66.2 Å². The van der Waals surface area contributed by atoms with Crippen LogP contribution in [0.1, 0.15) is 5.56 Å². The average molecular weight is 516 g/mol. The van der Waals surface area contributed by atoms with E-state index in [4.69, 9.17) is 16.3 Å². The number of methoxy groups -OCH3 is 1. The minimum Gasteiger partial charge on any atom is -0.482 e. The van der Waals surface area contributed by atoms with Crippen LogP contribution in [-0.2, 0) is 24.3 Å². The summed E-state index contributed by atoms with van der Waals surface area (Å²) in [6.45, 7) is -0.716. The van der Waals surface area contributed by atoms with Gasteiger partial charge in [0.1, 0.15) is 12.3 Å². The van der Waals surface area contributed by atoms with Gasteiger partial charge in [0.25, 0.3) is 15.9 Å². The van der Waals surface area contributed by atoms with Crippen molar-refractivity contribution in [2.75, 3.05) is 24.6 Å². The van der Waals surface area contributed by atoms with Crippen LogP contribution in [0.5, 0.6) is 5.75 Å². The maximum atomic E-state index is 13.2. The molecule has 0 fully saturated rings. The van der Waals surface area contributed by atoms with Crippen molar-refractivity contribution < 1.29 is 27.5 Å². The van der Waals surface area contributed by atoms with Crippen LogP contribution >= 0.6 is 11.6 Å². The van der Waals surface area contributed by atoms with Crippen molar-refractivity contribution in [1.82, 2.24) is 5.43 Å². The summed E-state index contributed by atoms with van der Waals surface area (Å²) in [5.74, 6) is -0.685. The largest absolute Gasteiger partial charge is 0.482 e. The first-order chi connectivity index (χ1) is 16.8. The molecule has 0 aliphatic rings. The maximum Gasteiger partial charge on any atom is 0.343 e. The van der Waals surface area contributed by atoms with Crippen molar-refractivity contribution >= 4 is 45.4 Å². The Morgan fingerprint density at radius 3 is 2.29 bits per heavy atom. The molecule has 0 spiro atoms. The number of esters is 1. The number of hydrogen-bond donors (Lipinski definition) is 1. The van der Waals surface area contributed by atoms with Crippen LogP contribution < -0.4 is 14.5 Å². The van der Waals surface area contributed by atoms with Crippen molar-refractivity contribution in [3.63, 3.8) is 0 Å². The van der Waals surface area contributed by atoms with E-state index in [2.05, 4.69) is 15.3 Å². The van der Waals surface area contributed by atoms with Gasteiger partial charge in [-0.3, -0.25) is 9.10 Å². The first-order valence-electron chi connectivity index (χ1n) is 10.2. The number of carbonyl (C=O) groups excluding carboxylic acids is 2. The molecule has 0 saturated carbocycles. The number of nitrogens with one attached hydrogen (secondary N) is 1. The highest BCUT2D eigenvalue weighted by Crippen LogP contribution is 2.25. The Labute approximate surface area is 208 Å². The van der Waals surface area contributed by atoms with Gasteiger partial charge < -0.3 is 9.47 Å². The number of anilines is 1. The molecule has 3 aromatic carbocycles. The number of nitrogens with zero attached hydrogens (tertiary/aromatic N) is 2. The number of amides is 1. The molecule has 0 unspecified atom stereocenters. The average Bonchev–Trinajstić information content (AvgIpc) is 2.87. The minimum atomic E-state index is -4.03. The number of sulfonamides is 1. The summed E-state index contributed by atoms with van der Waals surface area (Å²) in [4.78, 5) is 23.7. The molecular formula is C24H22ClN3O6S. The van der Waals surface area contributed by atoms with Gasteiger partial charge in [-0.25, -0.2) is 18.6 Å². The number of benzene rings is 3. The molecule has 11 heteroatoms. The quantitative estimate of drug-likeness (QED) is 0.252. The molecule has 0 heterocycles. The third-order valence-electron chi connectivity index (χ3n) is 4.60. The Morgan fingerprint density at radius 2 is 1.66 bits per heavy atom. The lowest BCUT2D eigenvalue weighted by molar-refractivity contribution is -0.142. The number of hydrogen-bond acceptors (Lipinski definition) is 7. The van der Waals surface area contributed by atoms with Gasteiger partial charge in [-0.2, -0.15) is 5.10 Å². The monoisotopic (exact) mass is 515 g/mol. The van der Waals surface area contributed by atoms with Crippen LogP contribution in [0, 0.1) is 0 Å². The molecule has 0 atom stereocenters. The fourth-order valence-electron chi connectivity index (χ4n) is 2.84. The van der Waals surface area contributed by atoms with E-state index in [1.54, 1.807) is 54.6 Å². The van der Waals surface area contributed by atoms with Gasteiger partial charge in [0.15, 0.2) is 6.61 Å². The highest BCUT2D eigenvalue weighted by Gasteiger charge is 2.27. The lowest BCUT2D eigenvalue weighted by Gasteiger charge is -2.23. The van der Waals surface area contributed by atoms with E-state index >= 15 is 0 Å². The van der Waals surface area contributed by atoms with E-state index < -0.39 is 28.4 Å². The zero-order valence-electron chi connectivity index (χ0n) is 18.6. The summed E-state index contributed by atoms with van der Waals surface area (Å²) in [7, 11) is -2.76. The third kappa shape index (κ3) is 7.29. The van der Waals surface area contributed by atoms with Gasteiger partial charge >= 0.3 is 5.97 Å². The van der Waals surface area contributed by atoms with E-state index in [9.17, 15) is 18.0 Å². The van der Waals surface area contributed by atoms with Crippen LogP contribution in [0.3, 0.4) is 0 Å². The molecule has 1 N–H and O–H groups in total. The van der Waals surface area contributed by atoms with Crippen LogP contribution in [0.2, 0.25) is 5.02 Å². The van der Waals surface area contributed by atoms with Crippen LogP contribution in [0.15, 0.2) is 88.9 Å². The number of rotatable bonds is 10. The number of hydrazone groups is 1. The molecule has 35 heavy (non-hydrogen) atoms. The Balaban J connectivity index is 1.68. The third-order valence-corrected chi connectivity index (χ3v) is 6.64. The van der Waals surface area contributed by atoms with Crippen molar-refractivity contribution in [1.29, 1.82) is 0 Å². The van der Waals surface area contributed by atoms with Crippen LogP contribution in [0.25, 0.3) is 0 Å². The van der Waals surface area contributed by atoms with E-state index in [0.717, 1.165) is 4.31 Å². The molecule has 0 aliphatic carbocycles. The molecule has 0 radical (unpaired) electrons. The van der Waals surface area contributed by atoms with Crippen molar-refractivity contribution in [3.05, 3.63) is 89.4 Å². The van der Waals surface area contributed by atoms with Crippen molar-refractivity contribution in [2.45, 2.75) is 4.90 Å². The second-order valence-corrected chi connectivity index (χ2v) is 9.33. The predicted octanol–water partition coefficient (Wildman–Crippen LogP) is 3.24. The highest BCUT2D eigenvalue weighted by molar-refractivity contribution is 7.92. The van der Waals surface area contributed by atoms with Gasteiger partial charge in [0.05, 0.1) is 23.9 Å². The normalized spacial score (nSPS) is 11.1. The van der Waals surface area contributed by atoms with E-state index in [-0.39, 0.29) is 17.2 Å². The number of ether oxygens (including phenoxy) is 2. The maximum absolute atomic E-state index is 13.2. The number of carbonyl (C=O) groups is 2. The summed E-state index contributed by atoms with van der Waals surface area (Å²) in [6, 6.07) is 20.5. The molecule has 3 aromatic rings. The van der Waals surface area contributed by atoms with E-state index in [0.29, 0.717) is 16.3 Å². The fourth-order valence-corrected chi connectivity index (χ4v) is 4.41. The lowest BCUT2D eigenvalue weighted by Crippen LogP contribution is -2.39. The molecular weight excluding hydrogens is 494 g/mol. The Kier molecular flexibility index (Phi) is 8.82. The van der Waals surface area contributed by atoms with Crippen LogP contribution in [-0.4, -0.2) is 46.8 Å². The standard InChI is InChI=1S/C24H22ClN3O6S/c1-33-24(30)17-34-21-13-7-18(8-14-21)15-26-27-23(29)16-28(20-11-9-19(25)10-12-20)35(31,32)22-5-3-2-4-6-22/h2-15H,16-17H2,1H3,(H,27,29)/b26-15-. The van der Waals surface area contributed by atoms with Gasteiger partial charge in [-0.15, -0.1) is 0 Å². The second kappa shape index (κ2) is 12.0. The molecule has 0 bridgehead atoms. The zero-order chi connectivity index (χ0) is 25.3. The van der Waals surface area contributed by atoms with Gasteiger partial charge in [0.2, 0.25) is 0 Å². The SMILES string of the molecule is COC(=O)COc1ccc(/C=N\NC(=O)CN(c2ccc(Cl)cc2)S(=O)(=O)c2ccccc2)cc1. The second-order valence-electron chi connectivity index (χ2n) is 7.03. The van der Waals surface area contributed by atoms with Gasteiger partial charge in [-0.1, -0.05) is 29.8 Å². The van der Waals surface area contributed by atoms with Crippen molar-refractivity contribution in [2.24, 2.45) is 5.10 Å². The first-order valence-corrected chi connectivity index (χ1v) is 12.1. The Morgan fingerprint density at radius 1 is 1.00 bits per heavy atom. The Bertz CT molecular complexity index is 1280. The fraction of sp³-hybridized carbons (Fsp3) is 0.125. The lowest BCUT2D eigenvalue weighted by atomic mass is 10.2. The van der Waals surface area contributed by atoms with E-state index in [1.165, 1.54) is 37.6 Å². The summed E-state index contributed by atoms with van der Waals surface area (Å²) < 4.78 is 37.2. The molecule has 3 rings (SSSR count). The zero-order valence-corrected chi connectivity index (χ0v) is 20.2. The molecule has 182 valence electrons. The summed E-state index contributed by atoms with van der Waals surface area (Å²) >= 11 is 5.93. The molecule has 0 aliphatic heterocycles. The molecule has 9 nitrogen and oxygen atoms in total. The Hall–Kier alpha value is -3.89. The first kappa shape index (κ1) is 25.7. The van der Waals surface area contributed by atoms with E-state index in [1.807, 2.05) is 0 Å². The highest BCUT2D eigenvalue weighted by atomic mass is 35.5. The molecule has 1 amide bonds.